The highest BCUT2D eigenvalue weighted by molar-refractivity contribution is 9.10. The molecule has 3 aromatic carbocycles. The summed E-state index contributed by atoms with van der Waals surface area (Å²) in [5, 5.41) is 5.61. The molecule has 1 atom stereocenters. The van der Waals surface area contributed by atoms with Crippen molar-refractivity contribution < 1.29 is 19.1 Å². The molecule has 1 aliphatic heterocycles. The highest BCUT2D eigenvalue weighted by Gasteiger charge is 2.27. The Kier molecular flexibility index (Phi) is 5.48. The molecule has 29 heavy (non-hydrogen) atoms. The first kappa shape index (κ1) is 19.0. The van der Waals surface area contributed by atoms with Crippen molar-refractivity contribution in [3.05, 3.63) is 82.8 Å². The molecule has 0 fully saturated rings. The molecule has 2 N–H and O–H groups in total. The number of halogens is 1. The van der Waals surface area contributed by atoms with Crippen LogP contribution in [0.15, 0.2) is 77.3 Å². The standard InChI is InChI=1S/C22H17BrN2O4/c23-15-7-11-17(12-8-15)24-21(26)14-5-9-16(10-6-14)25-22(27)20-13-28-18-3-1-2-4-19(18)29-20/h1-12,20H,13H2,(H,24,26)(H,25,27). The lowest BCUT2D eigenvalue weighted by Gasteiger charge is -2.25. The van der Waals surface area contributed by atoms with Crippen molar-refractivity contribution >= 4 is 39.1 Å². The summed E-state index contributed by atoms with van der Waals surface area (Å²) in [4.78, 5) is 24.8. The van der Waals surface area contributed by atoms with E-state index in [1.807, 2.05) is 24.3 Å². The fourth-order valence-electron chi connectivity index (χ4n) is 2.81. The summed E-state index contributed by atoms with van der Waals surface area (Å²) >= 11 is 3.36. The van der Waals surface area contributed by atoms with Crippen molar-refractivity contribution in [3.8, 4) is 11.5 Å². The molecule has 0 radical (unpaired) electrons. The van der Waals surface area contributed by atoms with Gasteiger partial charge in [-0.3, -0.25) is 9.59 Å². The van der Waals surface area contributed by atoms with Crippen LogP contribution < -0.4 is 20.1 Å². The fourth-order valence-corrected chi connectivity index (χ4v) is 3.08. The van der Waals surface area contributed by atoms with Crippen molar-refractivity contribution in [3.63, 3.8) is 0 Å². The smallest absolute Gasteiger partial charge is 0.269 e. The van der Waals surface area contributed by atoms with Crippen molar-refractivity contribution in [2.24, 2.45) is 0 Å². The first-order valence-electron chi connectivity index (χ1n) is 8.95. The van der Waals surface area contributed by atoms with E-state index >= 15 is 0 Å². The average Bonchev–Trinajstić information content (AvgIpc) is 2.75. The number of nitrogens with one attached hydrogen (secondary N) is 2. The summed E-state index contributed by atoms with van der Waals surface area (Å²) in [7, 11) is 0. The zero-order chi connectivity index (χ0) is 20.2. The zero-order valence-corrected chi connectivity index (χ0v) is 16.8. The predicted molar refractivity (Wildman–Crippen MR) is 114 cm³/mol. The van der Waals surface area contributed by atoms with E-state index in [4.69, 9.17) is 9.47 Å². The van der Waals surface area contributed by atoms with Crippen LogP contribution in [0.5, 0.6) is 11.5 Å². The largest absolute Gasteiger partial charge is 0.485 e. The third-order valence-corrected chi connectivity index (χ3v) is 4.85. The number of hydrogen-bond acceptors (Lipinski definition) is 4. The summed E-state index contributed by atoms with van der Waals surface area (Å²) in [5.74, 6) is 0.619. The minimum atomic E-state index is -0.745. The molecule has 3 aromatic rings. The topological polar surface area (TPSA) is 76.7 Å². The minimum Gasteiger partial charge on any atom is -0.485 e. The predicted octanol–water partition coefficient (Wildman–Crippen LogP) is 4.48. The van der Waals surface area contributed by atoms with Gasteiger partial charge < -0.3 is 20.1 Å². The Balaban J connectivity index is 1.36. The first-order valence-corrected chi connectivity index (χ1v) is 9.74. The van der Waals surface area contributed by atoms with Gasteiger partial charge in [0.1, 0.15) is 6.61 Å². The molecule has 146 valence electrons. The highest BCUT2D eigenvalue weighted by atomic mass is 79.9. The van der Waals surface area contributed by atoms with Gasteiger partial charge in [-0.05, 0) is 60.7 Å². The van der Waals surface area contributed by atoms with Crippen LogP contribution >= 0.6 is 15.9 Å². The van der Waals surface area contributed by atoms with Gasteiger partial charge in [0.25, 0.3) is 11.8 Å². The number of amides is 2. The van der Waals surface area contributed by atoms with E-state index in [0.29, 0.717) is 28.4 Å². The van der Waals surface area contributed by atoms with Gasteiger partial charge in [-0.25, -0.2) is 0 Å². The van der Waals surface area contributed by atoms with Crippen LogP contribution in [-0.4, -0.2) is 24.5 Å². The Labute approximate surface area is 176 Å². The normalized spacial score (nSPS) is 14.7. The Morgan fingerprint density at radius 2 is 1.45 bits per heavy atom. The maximum absolute atomic E-state index is 12.5. The van der Waals surface area contributed by atoms with Crippen LogP contribution in [0.25, 0.3) is 0 Å². The second-order valence-electron chi connectivity index (χ2n) is 6.39. The third-order valence-electron chi connectivity index (χ3n) is 4.32. The number of anilines is 2. The molecule has 1 aliphatic rings. The van der Waals surface area contributed by atoms with Crippen LogP contribution in [-0.2, 0) is 4.79 Å². The van der Waals surface area contributed by atoms with Crippen LogP contribution in [0.2, 0.25) is 0 Å². The summed E-state index contributed by atoms with van der Waals surface area (Å²) in [6.45, 7) is 0.135. The Bertz CT molecular complexity index is 1040. The van der Waals surface area contributed by atoms with E-state index in [1.54, 1.807) is 48.5 Å². The molecular formula is C22H17BrN2O4. The van der Waals surface area contributed by atoms with Gasteiger partial charge in [0, 0.05) is 21.4 Å². The van der Waals surface area contributed by atoms with Crippen LogP contribution in [0.4, 0.5) is 11.4 Å². The van der Waals surface area contributed by atoms with E-state index in [1.165, 1.54) is 0 Å². The van der Waals surface area contributed by atoms with E-state index in [-0.39, 0.29) is 18.4 Å². The van der Waals surface area contributed by atoms with Gasteiger partial charge in [-0.15, -0.1) is 0 Å². The molecule has 4 rings (SSSR count). The monoisotopic (exact) mass is 452 g/mol. The van der Waals surface area contributed by atoms with Crippen LogP contribution in [0, 0.1) is 0 Å². The third kappa shape index (κ3) is 4.57. The van der Waals surface area contributed by atoms with Gasteiger partial charge in [-0.2, -0.15) is 0 Å². The maximum atomic E-state index is 12.5. The van der Waals surface area contributed by atoms with Crippen LogP contribution in [0.3, 0.4) is 0 Å². The molecule has 6 nitrogen and oxygen atoms in total. The number of hydrogen-bond donors (Lipinski definition) is 2. The number of carbonyl (C=O) groups is 2. The van der Waals surface area contributed by atoms with Gasteiger partial charge in [0.15, 0.2) is 11.5 Å². The summed E-state index contributed by atoms with van der Waals surface area (Å²) in [5.41, 5.74) is 1.75. The molecule has 7 heteroatoms. The number of ether oxygens (including phenoxy) is 2. The zero-order valence-electron chi connectivity index (χ0n) is 15.2. The van der Waals surface area contributed by atoms with Crippen molar-refractivity contribution in [2.75, 3.05) is 17.2 Å². The molecule has 0 saturated heterocycles. The molecule has 0 bridgehead atoms. The second kappa shape index (κ2) is 8.36. The van der Waals surface area contributed by atoms with Crippen molar-refractivity contribution in [1.29, 1.82) is 0 Å². The number of benzene rings is 3. The number of fused-ring (bicyclic) bond motifs is 1. The average molecular weight is 453 g/mol. The van der Waals surface area contributed by atoms with Gasteiger partial charge in [-0.1, -0.05) is 28.1 Å². The highest BCUT2D eigenvalue weighted by Crippen LogP contribution is 2.31. The number of para-hydroxylation sites is 2. The molecule has 1 unspecified atom stereocenters. The molecule has 0 aliphatic carbocycles. The molecule has 2 amide bonds. The van der Waals surface area contributed by atoms with E-state index in [0.717, 1.165) is 4.47 Å². The minimum absolute atomic E-state index is 0.135. The summed E-state index contributed by atoms with van der Waals surface area (Å²) in [6, 6.07) is 21.2. The number of carbonyl (C=O) groups excluding carboxylic acids is 2. The maximum Gasteiger partial charge on any atom is 0.269 e. The van der Waals surface area contributed by atoms with Gasteiger partial charge >= 0.3 is 0 Å². The Hall–Kier alpha value is -3.32. The quantitative estimate of drug-likeness (QED) is 0.611. The lowest BCUT2D eigenvalue weighted by Crippen LogP contribution is -2.40. The fraction of sp³-hybridized carbons (Fsp3) is 0.0909. The lowest BCUT2D eigenvalue weighted by molar-refractivity contribution is -0.125. The molecule has 1 heterocycles. The molecule has 0 saturated carbocycles. The van der Waals surface area contributed by atoms with E-state index in [9.17, 15) is 9.59 Å². The van der Waals surface area contributed by atoms with E-state index in [2.05, 4.69) is 26.6 Å². The molecule has 0 aromatic heterocycles. The SMILES string of the molecule is O=C(Nc1ccc(Br)cc1)c1ccc(NC(=O)C2COc3ccccc3O2)cc1. The van der Waals surface area contributed by atoms with E-state index < -0.39 is 6.10 Å². The Morgan fingerprint density at radius 3 is 2.17 bits per heavy atom. The summed E-state index contributed by atoms with van der Waals surface area (Å²) < 4.78 is 12.2. The van der Waals surface area contributed by atoms with Crippen molar-refractivity contribution in [1.82, 2.24) is 0 Å². The first-order chi connectivity index (χ1) is 14.1. The summed E-state index contributed by atoms with van der Waals surface area (Å²) in [6.07, 6.45) is -0.745. The molecule has 0 spiro atoms. The number of rotatable bonds is 4. The van der Waals surface area contributed by atoms with Crippen LogP contribution in [0.1, 0.15) is 10.4 Å². The lowest BCUT2D eigenvalue weighted by atomic mass is 10.2. The Morgan fingerprint density at radius 1 is 0.828 bits per heavy atom. The van der Waals surface area contributed by atoms with Gasteiger partial charge in [0.05, 0.1) is 0 Å². The second-order valence-corrected chi connectivity index (χ2v) is 7.31. The van der Waals surface area contributed by atoms with Crippen molar-refractivity contribution in [2.45, 2.75) is 6.10 Å². The molecular weight excluding hydrogens is 436 g/mol. The van der Waals surface area contributed by atoms with Gasteiger partial charge in [0.2, 0.25) is 6.10 Å².